The maximum Gasteiger partial charge on any atom is 0.530 e. The summed E-state index contributed by atoms with van der Waals surface area (Å²) >= 11 is 0. The van der Waals surface area contributed by atoms with Crippen LogP contribution in [-0.2, 0) is 13.6 Å². The normalized spacial score (nSPS) is 22.8. The van der Waals surface area contributed by atoms with Gasteiger partial charge in [0, 0.05) is 18.6 Å². The SMILES string of the molecule is N#Cc1cccc(C2CCOP(=O)(Oc3ccc([N+](=O)[O-])cc3)O2)c1. The number of non-ortho nitro benzene ring substituents is 1. The van der Waals surface area contributed by atoms with E-state index in [1.54, 1.807) is 24.3 Å². The van der Waals surface area contributed by atoms with Crippen LogP contribution >= 0.6 is 7.82 Å². The number of benzene rings is 2. The largest absolute Gasteiger partial charge is 0.530 e. The Kier molecular flexibility index (Phi) is 4.81. The highest BCUT2D eigenvalue weighted by Crippen LogP contribution is 2.56. The van der Waals surface area contributed by atoms with Crippen LogP contribution in [0, 0.1) is 21.4 Å². The zero-order valence-corrected chi connectivity index (χ0v) is 13.8. The van der Waals surface area contributed by atoms with Gasteiger partial charge in [-0.2, -0.15) is 5.26 Å². The second-order valence-electron chi connectivity index (χ2n) is 5.24. The molecule has 8 nitrogen and oxygen atoms in total. The Morgan fingerprint density at radius 3 is 2.72 bits per heavy atom. The minimum Gasteiger partial charge on any atom is -0.404 e. The van der Waals surface area contributed by atoms with E-state index in [2.05, 4.69) is 0 Å². The van der Waals surface area contributed by atoms with Crippen LogP contribution in [0.1, 0.15) is 23.7 Å². The third kappa shape index (κ3) is 4.03. The number of nitro benzene ring substituents is 1. The van der Waals surface area contributed by atoms with Gasteiger partial charge in [-0.25, -0.2) is 4.57 Å². The molecule has 1 aliphatic heterocycles. The summed E-state index contributed by atoms with van der Waals surface area (Å²) in [4.78, 5) is 10.1. The summed E-state index contributed by atoms with van der Waals surface area (Å²) in [6, 6.07) is 14.0. The molecule has 0 amide bonds. The first-order valence-corrected chi connectivity index (χ1v) is 8.82. The first-order chi connectivity index (χ1) is 12.0. The van der Waals surface area contributed by atoms with Crippen LogP contribution in [0.2, 0.25) is 0 Å². The van der Waals surface area contributed by atoms with Gasteiger partial charge in [-0.15, -0.1) is 0 Å². The molecule has 1 fully saturated rings. The summed E-state index contributed by atoms with van der Waals surface area (Å²) in [5.41, 5.74) is 1.07. The van der Waals surface area contributed by atoms with E-state index in [1.807, 2.05) is 6.07 Å². The molecule has 0 aromatic heterocycles. The molecule has 0 N–H and O–H groups in total. The number of rotatable bonds is 4. The van der Waals surface area contributed by atoms with Gasteiger partial charge in [0.05, 0.1) is 29.3 Å². The van der Waals surface area contributed by atoms with E-state index in [0.29, 0.717) is 17.5 Å². The molecule has 2 aromatic carbocycles. The molecule has 2 unspecified atom stereocenters. The highest BCUT2D eigenvalue weighted by Gasteiger charge is 2.37. The Morgan fingerprint density at radius 2 is 2.04 bits per heavy atom. The molecule has 1 saturated heterocycles. The first-order valence-electron chi connectivity index (χ1n) is 7.36. The van der Waals surface area contributed by atoms with Crippen LogP contribution in [0.25, 0.3) is 0 Å². The molecule has 9 heteroatoms. The Morgan fingerprint density at radius 1 is 1.28 bits per heavy atom. The van der Waals surface area contributed by atoms with Crippen LogP contribution in [0.4, 0.5) is 5.69 Å². The lowest BCUT2D eigenvalue weighted by molar-refractivity contribution is -0.384. The maximum atomic E-state index is 12.7. The minimum absolute atomic E-state index is 0.109. The summed E-state index contributed by atoms with van der Waals surface area (Å²) in [6.45, 7) is 0.158. The van der Waals surface area contributed by atoms with Crippen LogP contribution in [-0.4, -0.2) is 11.5 Å². The fraction of sp³-hybridized carbons (Fsp3) is 0.188. The molecule has 25 heavy (non-hydrogen) atoms. The predicted molar refractivity (Wildman–Crippen MR) is 86.9 cm³/mol. The quantitative estimate of drug-likeness (QED) is 0.458. The summed E-state index contributed by atoms with van der Waals surface area (Å²) in [7, 11) is -3.87. The van der Waals surface area contributed by atoms with Crippen molar-refractivity contribution in [1.29, 1.82) is 5.26 Å². The summed E-state index contributed by atoms with van der Waals surface area (Å²) in [5, 5.41) is 19.6. The van der Waals surface area contributed by atoms with Gasteiger partial charge >= 0.3 is 7.82 Å². The number of nitrogens with zero attached hydrogens (tertiary/aromatic N) is 2. The maximum absolute atomic E-state index is 12.7. The fourth-order valence-corrected chi connectivity index (χ4v) is 3.76. The van der Waals surface area contributed by atoms with E-state index in [4.69, 9.17) is 18.8 Å². The van der Waals surface area contributed by atoms with Gasteiger partial charge in [0.25, 0.3) is 5.69 Å². The Hall–Kier alpha value is -2.72. The Bertz CT molecular complexity index is 877. The average Bonchev–Trinajstić information content (AvgIpc) is 2.62. The molecule has 0 aliphatic carbocycles. The van der Waals surface area contributed by atoms with E-state index >= 15 is 0 Å². The van der Waals surface area contributed by atoms with E-state index in [9.17, 15) is 14.7 Å². The second kappa shape index (κ2) is 7.03. The van der Waals surface area contributed by atoms with Crippen LogP contribution in [0.15, 0.2) is 48.5 Å². The molecule has 128 valence electrons. The second-order valence-corrected chi connectivity index (χ2v) is 6.79. The molecule has 2 atom stereocenters. The Labute approximate surface area is 143 Å². The van der Waals surface area contributed by atoms with Crippen molar-refractivity contribution in [3.8, 4) is 11.8 Å². The first kappa shape index (κ1) is 17.1. The van der Waals surface area contributed by atoms with Crippen molar-refractivity contribution in [2.45, 2.75) is 12.5 Å². The van der Waals surface area contributed by atoms with Gasteiger partial charge in [0.1, 0.15) is 5.75 Å². The monoisotopic (exact) mass is 360 g/mol. The number of phosphoric ester groups is 1. The van der Waals surface area contributed by atoms with Gasteiger partial charge in [0.2, 0.25) is 0 Å². The summed E-state index contributed by atoms with van der Waals surface area (Å²) < 4.78 is 28.7. The summed E-state index contributed by atoms with van der Waals surface area (Å²) in [6.07, 6.45) is -0.0754. The number of hydrogen-bond acceptors (Lipinski definition) is 7. The lowest BCUT2D eigenvalue weighted by Gasteiger charge is -2.29. The molecule has 3 rings (SSSR count). The van der Waals surface area contributed by atoms with Crippen LogP contribution in [0.3, 0.4) is 0 Å². The molecule has 0 bridgehead atoms. The molecular weight excluding hydrogens is 347 g/mol. The molecule has 2 aromatic rings. The van der Waals surface area contributed by atoms with Gasteiger partial charge in [-0.1, -0.05) is 12.1 Å². The number of nitro groups is 1. The third-order valence-corrected chi connectivity index (χ3v) is 4.98. The number of nitriles is 1. The van der Waals surface area contributed by atoms with E-state index < -0.39 is 18.8 Å². The smallest absolute Gasteiger partial charge is 0.404 e. The lowest BCUT2D eigenvalue weighted by atomic mass is 10.0. The highest BCUT2D eigenvalue weighted by atomic mass is 31.2. The van der Waals surface area contributed by atoms with E-state index in [1.165, 1.54) is 24.3 Å². The molecular formula is C16H13N2O6P. The average molecular weight is 360 g/mol. The van der Waals surface area contributed by atoms with Crippen molar-refractivity contribution < 1.29 is 23.1 Å². The zero-order valence-electron chi connectivity index (χ0n) is 12.9. The van der Waals surface area contributed by atoms with Crippen molar-refractivity contribution >= 4 is 13.5 Å². The van der Waals surface area contributed by atoms with Crippen LogP contribution < -0.4 is 4.52 Å². The molecule has 0 saturated carbocycles. The number of hydrogen-bond donors (Lipinski definition) is 0. The highest BCUT2D eigenvalue weighted by molar-refractivity contribution is 7.49. The lowest BCUT2D eigenvalue weighted by Crippen LogP contribution is -2.16. The molecule has 0 spiro atoms. The number of phosphoric acid groups is 1. The Balaban J connectivity index is 1.76. The van der Waals surface area contributed by atoms with Crippen molar-refractivity contribution in [2.75, 3.05) is 6.61 Å². The third-order valence-electron chi connectivity index (χ3n) is 3.54. The van der Waals surface area contributed by atoms with Gasteiger partial charge < -0.3 is 4.52 Å². The van der Waals surface area contributed by atoms with Crippen molar-refractivity contribution in [3.05, 3.63) is 69.8 Å². The van der Waals surface area contributed by atoms with Crippen molar-refractivity contribution in [1.82, 2.24) is 0 Å². The van der Waals surface area contributed by atoms with E-state index in [-0.39, 0.29) is 18.0 Å². The van der Waals surface area contributed by atoms with Crippen molar-refractivity contribution in [3.63, 3.8) is 0 Å². The standard InChI is InChI=1S/C16H13N2O6P/c17-11-12-2-1-3-13(10-12)16-8-9-22-25(21,24-16)23-15-6-4-14(5-7-15)18(19)20/h1-7,10,16H,8-9H2. The predicted octanol–water partition coefficient (Wildman–Crippen LogP) is 4.13. The van der Waals surface area contributed by atoms with Gasteiger partial charge in [-0.05, 0) is 29.8 Å². The van der Waals surface area contributed by atoms with E-state index in [0.717, 1.165) is 0 Å². The topological polar surface area (TPSA) is 112 Å². The van der Waals surface area contributed by atoms with Crippen LogP contribution in [0.5, 0.6) is 5.75 Å². The van der Waals surface area contributed by atoms with Gasteiger partial charge in [0.15, 0.2) is 0 Å². The van der Waals surface area contributed by atoms with Crippen molar-refractivity contribution in [2.24, 2.45) is 0 Å². The molecule has 0 radical (unpaired) electrons. The fourth-order valence-electron chi connectivity index (χ4n) is 2.35. The minimum atomic E-state index is -3.87. The summed E-state index contributed by atoms with van der Waals surface area (Å²) in [5.74, 6) is 0.139. The zero-order chi connectivity index (χ0) is 17.9. The molecule has 1 aliphatic rings. The molecule has 1 heterocycles. The van der Waals surface area contributed by atoms with Gasteiger partial charge in [-0.3, -0.25) is 19.2 Å².